The fourth-order valence-corrected chi connectivity index (χ4v) is 6.76. The third-order valence-electron chi connectivity index (χ3n) is 8.68. The zero-order valence-electron chi connectivity index (χ0n) is 21.5. The zero-order valence-corrected chi connectivity index (χ0v) is 21.5. The number of hydrogen-bond donors (Lipinski definition) is 0. The number of nitriles is 1. The van der Waals surface area contributed by atoms with E-state index in [2.05, 4.69) is 48.9 Å². The van der Waals surface area contributed by atoms with Gasteiger partial charge in [0.05, 0.1) is 30.0 Å². The summed E-state index contributed by atoms with van der Waals surface area (Å²) in [6.07, 6.45) is 5.54. The van der Waals surface area contributed by atoms with Crippen LogP contribution in [0.15, 0.2) is 36.4 Å². The van der Waals surface area contributed by atoms with Gasteiger partial charge in [0.2, 0.25) is 0 Å². The van der Waals surface area contributed by atoms with Gasteiger partial charge in [0.1, 0.15) is 0 Å². The number of morpholine rings is 1. The highest BCUT2D eigenvalue weighted by atomic mass is 16.5. The van der Waals surface area contributed by atoms with E-state index in [1.807, 2.05) is 24.3 Å². The molecule has 1 aromatic heterocycles. The normalized spacial score (nSPS) is 20.3. The molecular weight excluding hydrogens is 448 g/mol. The molecule has 36 heavy (non-hydrogen) atoms. The Kier molecular flexibility index (Phi) is 5.66. The molecule has 0 radical (unpaired) electrons. The van der Waals surface area contributed by atoms with E-state index >= 15 is 0 Å². The quantitative estimate of drug-likeness (QED) is 0.541. The van der Waals surface area contributed by atoms with E-state index in [4.69, 9.17) is 4.74 Å². The van der Waals surface area contributed by atoms with Crippen LogP contribution in [0.1, 0.15) is 66.4 Å². The number of carbonyl (C=O) groups is 1. The highest BCUT2D eigenvalue weighted by molar-refractivity contribution is 6.20. The van der Waals surface area contributed by atoms with Crippen LogP contribution in [0.2, 0.25) is 0 Å². The van der Waals surface area contributed by atoms with Gasteiger partial charge in [-0.05, 0) is 48.6 Å². The van der Waals surface area contributed by atoms with Crippen LogP contribution in [0.25, 0.3) is 10.9 Å². The van der Waals surface area contributed by atoms with Crippen LogP contribution < -0.4 is 4.90 Å². The van der Waals surface area contributed by atoms with E-state index < -0.39 is 5.41 Å². The molecule has 0 spiro atoms. The van der Waals surface area contributed by atoms with Crippen LogP contribution in [0, 0.1) is 11.5 Å². The standard InChI is InChI=1S/C30H34N4O2/c1-4-20-17-23-24(18-26(20)33-11-9-21(10-12-33)32-13-15-36-16-14-32)30(2,3)29-27(28(23)35)22-7-5-6-8-25(22)34(29)19-31/h5-8,17-18,21H,4,9-16H2,1-3H3. The van der Waals surface area contributed by atoms with Gasteiger partial charge in [-0.25, -0.2) is 4.57 Å². The summed E-state index contributed by atoms with van der Waals surface area (Å²) in [5.41, 5.74) is 6.13. The number of ether oxygens (including phenoxy) is 1. The second kappa shape index (κ2) is 8.76. The molecule has 3 aliphatic rings. The molecule has 6 heteroatoms. The van der Waals surface area contributed by atoms with Crippen molar-refractivity contribution in [2.45, 2.75) is 51.5 Å². The number of anilines is 1. The molecule has 0 atom stereocenters. The van der Waals surface area contributed by atoms with Crippen LogP contribution in [0.5, 0.6) is 0 Å². The van der Waals surface area contributed by atoms with Crippen LogP contribution in [-0.2, 0) is 16.6 Å². The molecule has 0 unspecified atom stereocenters. The molecule has 1 aliphatic carbocycles. The molecule has 2 aliphatic heterocycles. The summed E-state index contributed by atoms with van der Waals surface area (Å²) in [6.45, 7) is 12.3. The molecule has 6 rings (SSSR count). The number of nitrogens with zero attached hydrogens (tertiary/aromatic N) is 4. The first-order chi connectivity index (χ1) is 17.5. The summed E-state index contributed by atoms with van der Waals surface area (Å²) in [5.74, 6) is 0.0387. The van der Waals surface area contributed by atoms with Crippen LogP contribution in [-0.4, -0.2) is 60.7 Å². The van der Waals surface area contributed by atoms with Crippen molar-refractivity contribution in [2.24, 2.45) is 0 Å². The maximum absolute atomic E-state index is 14.0. The second-order valence-corrected chi connectivity index (χ2v) is 10.9. The third-order valence-corrected chi connectivity index (χ3v) is 8.68. The highest BCUT2D eigenvalue weighted by Crippen LogP contribution is 2.47. The van der Waals surface area contributed by atoms with Crippen LogP contribution in [0.4, 0.5) is 5.69 Å². The predicted octanol–water partition coefficient (Wildman–Crippen LogP) is 4.70. The largest absolute Gasteiger partial charge is 0.379 e. The first-order valence-corrected chi connectivity index (χ1v) is 13.3. The SMILES string of the molecule is CCc1cc2c(cc1N1CCC(N3CCOCC3)CC1)C(C)(C)c1c(c3ccccc3n1C#N)C2=O. The summed E-state index contributed by atoms with van der Waals surface area (Å²) in [4.78, 5) is 19.1. The fourth-order valence-electron chi connectivity index (χ4n) is 6.76. The summed E-state index contributed by atoms with van der Waals surface area (Å²) < 4.78 is 7.22. The fraction of sp³-hybridized carbons (Fsp3) is 0.467. The monoisotopic (exact) mass is 482 g/mol. The van der Waals surface area contributed by atoms with Gasteiger partial charge in [-0.2, -0.15) is 5.26 Å². The van der Waals surface area contributed by atoms with Crippen molar-refractivity contribution in [1.29, 1.82) is 5.26 Å². The first kappa shape index (κ1) is 23.3. The number of para-hydroxylation sites is 1. The summed E-state index contributed by atoms with van der Waals surface area (Å²) in [5, 5.41) is 11.0. The lowest BCUT2D eigenvalue weighted by molar-refractivity contribution is 0.0115. The van der Waals surface area contributed by atoms with Gasteiger partial charge in [-0.15, -0.1) is 0 Å². The van der Waals surface area contributed by atoms with E-state index in [1.54, 1.807) is 4.57 Å². The Labute approximate surface area is 213 Å². The number of fused-ring (bicyclic) bond motifs is 4. The number of benzene rings is 2. The molecule has 0 saturated carbocycles. The van der Waals surface area contributed by atoms with Gasteiger partial charge in [0, 0.05) is 54.3 Å². The van der Waals surface area contributed by atoms with E-state index in [1.165, 1.54) is 11.3 Å². The predicted molar refractivity (Wildman–Crippen MR) is 142 cm³/mol. The van der Waals surface area contributed by atoms with E-state index in [0.29, 0.717) is 11.6 Å². The molecular formula is C30H34N4O2. The molecule has 2 aromatic carbocycles. The smallest absolute Gasteiger partial charge is 0.195 e. The van der Waals surface area contributed by atoms with Crippen molar-refractivity contribution < 1.29 is 9.53 Å². The van der Waals surface area contributed by atoms with Gasteiger partial charge in [-0.1, -0.05) is 39.0 Å². The molecule has 2 fully saturated rings. The minimum absolute atomic E-state index is 0.0387. The van der Waals surface area contributed by atoms with Crippen molar-refractivity contribution >= 4 is 22.4 Å². The lowest BCUT2D eigenvalue weighted by Crippen LogP contribution is -2.49. The number of piperidine rings is 1. The first-order valence-electron chi connectivity index (χ1n) is 13.3. The average Bonchev–Trinajstić information content (AvgIpc) is 3.27. The molecule has 0 N–H and O–H groups in total. The number of rotatable bonds is 3. The van der Waals surface area contributed by atoms with Crippen molar-refractivity contribution in [3.63, 3.8) is 0 Å². The van der Waals surface area contributed by atoms with Gasteiger partial charge >= 0.3 is 0 Å². The molecule has 186 valence electrons. The number of aryl methyl sites for hydroxylation is 1. The molecule has 0 bridgehead atoms. The van der Waals surface area contributed by atoms with Gasteiger partial charge in [0.25, 0.3) is 0 Å². The molecule has 3 aromatic rings. The summed E-state index contributed by atoms with van der Waals surface area (Å²) >= 11 is 0. The Morgan fingerprint density at radius 3 is 2.50 bits per heavy atom. The number of carbonyl (C=O) groups excluding carboxylic acids is 1. The maximum Gasteiger partial charge on any atom is 0.195 e. The number of aromatic nitrogens is 1. The zero-order chi connectivity index (χ0) is 25.0. The van der Waals surface area contributed by atoms with Gasteiger partial charge < -0.3 is 9.64 Å². The average molecular weight is 483 g/mol. The van der Waals surface area contributed by atoms with Crippen molar-refractivity contribution in [3.05, 3.63) is 64.3 Å². The van der Waals surface area contributed by atoms with Gasteiger partial charge in [0.15, 0.2) is 12.0 Å². The van der Waals surface area contributed by atoms with Crippen molar-refractivity contribution in [2.75, 3.05) is 44.3 Å². The Morgan fingerprint density at radius 1 is 1.08 bits per heavy atom. The Morgan fingerprint density at radius 2 is 1.81 bits per heavy atom. The van der Waals surface area contributed by atoms with Crippen LogP contribution >= 0.6 is 0 Å². The topological polar surface area (TPSA) is 61.5 Å². The Hall–Kier alpha value is -3.14. The highest BCUT2D eigenvalue weighted by Gasteiger charge is 2.42. The number of ketones is 1. The number of hydrogen-bond acceptors (Lipinski definition) is 5. The van der Waals surface area contributed by atoms with E-state index in [9.17, 15) is 10.1 Å². The Bertz CT molecular complexity index is 1380. The van der Waals surface area contributed by atoms with Gasteiger partial charge in [-0.3, -0.25) is 9.69 Å². The summed E-state index contributed by atoms with van der Waals surface area (Å²) in [6, 6.07) is 12.8. The second-order valence-electron chi connectivity index (χ2n) is 10.9. The van der Waals surface area contributed by atoms with E-state index in [-0.39, 0.29) is 5.78 Å². The lowest BCUT2D eigenvalue weighted by atomic mass is 9.70. The maximum atomic E-state index is 14.0. The molecule has 2 saturated heterocycles. The minimum atomic E-state index is -0.472. The van der Waals surface area contributed by atoms with Crippen molar-refractivity contribution in [3.8, 4) is 6.19 Å². The minimum Gasteiger partial charge on any atom is -0.379 e. The molecule has 0 amide bonds. The van der Waals surface area contributed by atoms with E-state index in [0.717, 1.165) is 86.4 Å². The Balaban J connectivity index is 1.40. The lowest BCUT2D eigenvalue weighted by Gasteiger charge is -2.42. The third kappa shape index (κ3) is 3.41. The molecule has 6 nitrogen and oxygen atoms in total. The van der Waals surface area contributed by atoms with Crippen LogP contribution in [0.3, 0.4) is 0 Å². The summed E-state index contributed by atoms with van der Waals surface area (Å²) in [7, 11) is 0. The van der Waals surface area contributed by atoms with Crippen molar-refractivity contribution in [1.82, 2.24) is 9.47 Å². The molecule has 3 heterocycles.